The van der Waals surface area contributed by atoms with Crippen LogP contribution in [0, 0.1) is 0 Å². The van der Waals surface area contributed by atoms with E-state index >= 15 is 0 Å². The van der Waals surface area contributed by atoms with E-state index in [1.54, 1.807) is 12.4 Å². The van der Waals surface area contributed by atoms with Crippen LogP contribution in [0.25, 0.3) is 110 Å². The number of para-hydroxylation sites is 2. The van der Waals surface area contributed by atoms with E-state index in [0.717, 1.165) is 54.9 Å². The third kappa shape index (κ3) is 4.86. The van der Waals surface area contributed by atoms with E-state index in [-0.39, 0.29) is 5.41 Å². The van der Waals surface area contributed by atoms with Crippen LogP contribution < -0.4 is 0 Å². The van der Waals surface area contributed by atoms with Crippen molar-refractivity contribution in [2.24, 2.45) is 0 Å². The zero-order chi connectivity index (χ0) is 38.5. The zero-order valence-corrected chi connectivity index (χ0v) is 32.1. The van der Waals surface area contributed by atoms with Gasteiger partial charge in [-0.15, -0.1) is 0 Å². The van der Waals surface area contributed by atoms with Crippen LogP contribution in [0.3, 0.4) is 0 Å². The van der Waals surface area contributed by atoms with E-state index in [1.165, 1.54) is 66.4 Å². The quantitative estimate of drug-likeness (QED) is 0.169. The molecule has 0 fully saturated rings. The van der Waals surface area contributed by atoms with Gasteiger partial charge in [-0.05, 0) is 102 Å². The van der Waals surface area contributed by atoms with Gasteiger partial charge in [-0.25, -0.2) is 0 Å². The molecular weight excluding hydrogens is 705 g/mol. The number of nitrogens with zero attached hydrogens (tertiary/aromatic N) is 2. The van der Waals surface area contributed by atoms with E-state index in [1.807, 2.05) is 12.1 Å². The molecule has 1 aliphatic rings. The predicted octanol–water partition coefficient (Wildman–Crippen LogP) is 14.8. The van der Waals surface area contributed by atoms with Crippen LogP contribution in [-0.2, 0) is 5.41 Å². The average Bonchev–Trinajstić information content (AvgIpc) is 3.78. The van der Waals surface area contributed by atoms with Crippen molar-refractivity contribution in [2.45, 2.75) is 19.3 Å². The van der Waals surface area contributed by atoms with Crippen molar-refractivity contribution in [3.05, 3.63) is 193 Å². The Morgan fingerprint density at radius 2 is 0.879 bits per heavy atom. The summed E-state index contributed by atoms with van der Waals surface area (Å²) in [7, 11) is 0. The van der Waals surface area contributed by atoms with Gasteiger partial charge in [0.25, 0.3) is 0 Å². The van der Waals surface area contributed by atoms with Gasteiger partial charge < -0.3 is 4.42 Å². The predicted molar refractivity (Wildman–Crippen MR) is 241 cm³/mol. The maximum absolute atomic E-state index is 6.35. The van der Waals surface area contributed by atoms with E-state index in [0.29, 0.717) is 0 Å². The van der Waals surface area contributed by atoms with E-state index in [4.69, 9.17) is 14.4 Å². The van der Waals surface area contributed by atoms with E-state index < -0.39 is 0 Å². The van der Waals surface area contributed by atoms with E-state index in [2.05, 4.69) is 172 Å². The molecule has 3 heteroatoms. The Labute approximate surface area is 335 Å². The molecule has 9 aromatic carbocycles. The monoisotopic (exact) mass is 740 g/mol. The molecule has 1 aliphatic carbocycles. The molecule has 0 atom stereocenters. The fourth-order valence-electron chi connectivity index (χ4n) is 9.60. The van der Waals surface area contributed by atoms with Crippen molar-refractivity contribution in [1.29, 1.82) is 0 Å². The summed E-state index contributed by atoms with van der Waals surface area (Å²) < 4.78 is 6.35. The Hall–Kier alpha value is -7.36. The second-order valence-electron chi connectivity index (χ2n) is 16.1. The number of hydrogen-bond acceptors (Lipinski definition) is 3. The van der Waals surface area contributed by atoms with Crippen LogP contribution in [0.5, 0.6) is 0 Å². The molecule has 12 rings (SSSR count). The Balaban J connectivity index is 0.872. The fraction of sp³-hybridized carbons (Fsp3) is 0.0545. The molecule has 0 amide bonds. The Morgan fingerprint density at radius 3 is 1.60 bits per heavy atom. The summed E-state index contributed by atoms with van der Waals surface area (Å²) in [4.78, 5) is 9.48. The molecule has 2 heterocycles. The van der Waals surface area contributed by atoms with Gasteiger partial charge >= 0.3 is 0 Å². The minimum atomic E-state index is -0.165. The summed E-state index contributed by atoms with van der Waals surface area (Å²) in [6, 6.07) is 61.9. The van der Waals surface area contributed by atoms with Crippen molar-refractivity contribution in [3.63, 3.8) is 0 Å². The SMILES string of the molecule is CC1(C)c2cc(-c3cccc(-c4ccc(-c5cccc6c5oc5ccccc56)cc4)c3)ccc2-c2ccc(-c3ccc4c(c3)c3ccccc3c3nccnc43)cc21. The number of hydrogen-bond donors (Lipinski definition) is 0. The van der Waals surface area contributed by atoms with Crippen molar-refractivity contribution < 1.29 is 4.42 Å². The van der Waals surface area contributed by atoms with Gasteiger partial charge in [-0.1, -0.05) is 153 Å². The smallest absolute Gasteiger partial charge is 0.143 e. The van der Waals surface area contributed by atoms with Crippen LogP contribution in [0.15, 0.2) is 187 Å². The fourth-order valence-corrected chi connectivity index (χ4v) is 9.60. The first-order valence-corrected chi connectivity index (χ1v) is 20.0. The highest BCUT2D eigenvalue weighted by Crippen LogP contribution is 2.51. The summed E-state index contributed by atoms with van der Waals surface area (Å²) in [5.74, 6) is 0. The largest absolute Gasteiger partial charge is 0.455 e. The summed E-state index contributed by atoms with van der Waals surface area (Å²) in [5, 5.41) is 6.96. The summed E-state index contributed by atoms with van der Waals surface area (Å²) in [6.45, 7) is 4.74. The minimum Gasteiger partial charge on any atom is -0.455 e. The number of rotatable bonds is 4. The van der Waals surface area contributed by atoms with Crippen LogP contribution in [0.1, 0.15) is 25.0 Å². The highest BCUT2D eigenvalue weighted by Gasteiger charge is 2.36. The lowest BCUT2D eigenvalue weighted by atomic mass is 9.80. The topological polar surface area (TPSA) is 38.9 Å². The summed E-state index contributed by atoms with van der Waals surface area (Å²) >= 11 is 0. The number of fused-ring (bicyclic) bond motifs is 12. The number of aromatic nitrogens is 2. The van der Waals surface area contributed by atoms with Crippen molar-refractivity contribution in [2.75, 3.05) is 0 Å². The van der Waals surface area contributed by atoms with Crippen LogP contribution in [0.2, 0.25) is 0 Å². The molecular formula is C55H36N2O. The molecule has 0 saturated heterocycles. The second-order valence-corrected chi connectivity index (χ2v) is 16.1. The molecule has 11 aromatic rings. The molecule has 0 bridgehead atoms. The maximum atomic E-state index is 6.35. The van der Waals surface area contributed by atoms with E-state index in [9.17, 15) is 0 Å². The first-order chi connectivity index (χ1) is 28.5. The molecule has 0 unspecified atom stereocenters. The molecule has 3 nitrogen and oxygen atoms in total. The Bertz CT molecular complexity index is 3450. The third-order valence-electron chi connectivity index (χ3n) is 12.6. The summed E-state index contributed by atoms with van der Waals surface area (Å²) in [5.41, 5.74) is 18.4. The van der Waals surface area contributed by atoms with Gasteiger partial charge in [0.15, 0.2) is 0 Å². The average molecular weight is 741 g/mol. The zero-order valence-electron chi connectivity index (χ0n) is 32.1. The first kappa shape index (κ1) is 32.8. The van der Waals surface area contributed by atoms with Gasteiger partial charge in [0, 0.05) is 44.9 Å². The molecule has 0 N–H and O–H groups in total. The molecule has 0 spiro atoms. The third-order valence-corrected chi connectivity index (χ3v) is 12.6. The summed E-state index contributed by atoms with van der Waals surface area (Å²) in [6.07, 6.45) is 3.57. The Morgan fingerprint density at radius 1 is 0.362 bits per heavy atom. The molecule has 2 aromatic heterocycles. The molecule has 0 saturated carbocycles. The Kier molecular flexibility index (Phi) is 6.98. The lowest BCUT2D eigenvalue weighted by Gasteiger charge is -2.23. The number of furan rings is 1. The van der Waals surface area contributed by atoms with Gasteiger partial charge in [0.1, 0.15) is 11.2 Å². The van der Waals surface area contributed by atoms with Gasteiger partial charge in [-0.3, -0.25) is 9.97 Å². The lowest BCUT2D eigenvalue weighted by molar-refractivity contribution is 0.661. The molecule has 272 valence electrons. The maximum Gasteiger partial charge on any atom is 0.143 e. The number of benzene rings is 9. The molecule has 58 heavy (non-hydrogen) atoms. The second kappa shape index (κ2) is 12.3. The van der Waals surface area contributed by atoms with Crippen LogP contribution in [-0.4, -0.2) is 9.97 Å². The van der Waals surface area contributed by atoms with Crippen molar-refractivity contribution >= 4 is 54.5 Å². The van der Waals surface area contributed by atoms with Gasteiger partial charge in [0.05, 0.1) is 11.0 Å². The standard InChI is InChI=1S/C55H36N2O/c1-55(2)49-31-38(36-10-7-9-35(29-36)33-17-19-34(20-18-33)40-14-8-15-47-44-12-5-6-16-51(44)58-54(40)47)21-24-42(49)43-25-22-39(32-50(43)55)37-23-26-46-48(30-37)41-11-3-4-13-45(41)52-53(46)57-28-27-56-52/h3-32H,1-2H3. The van der Waals surface area contributed by atoms with Crippen LogP contribution in [0.4, 0.5) is 0 Å². The van der Waals surface area contributed by atoms with Gasteiger partial charge in [0.2, 0.25) is 0 Å². The van der Waals surface area contributed by atoms with Crippen molar-refractivity contribution in [3.8, 4) is 55.6 Å². The minimum absolute atomic E-state index is 0.165. The first-order valence-electron chi connectivity index (χ1n) is 20.0. The normalized spacial score (nSPS) is 13.1. The highest BCUT2D eigenvalue weighted by molar-refractivity contribution is 6.23. The van der Waals surface area contributed by atoms with Crippen LogP contribution >= 0.6 is 0 Å². The van der Waals surface area contributed by atoms with Crippen molar-refractivity contribution in [1.82, 2.24) is 9.97 Å². The lowest BCUT2D eigenvalue weighted by Crippen LogP contribution is -2.15. The van der Waals surface area contributed by atoms with Gasteiger partial charge in [-0.2, -0.15) is 0 Å². The highest BCUT2D eigenvalue weighted by atomic mass is 16.3. The molecule has 0 aliphatic heterocycles. The molecule has 0 radical (unpaired) electrons.